The average molecular weight is 429 g/mol. The van der Waals surface area contributed by atoms with Gasteiger partial charge in [-0.1, -0.05) is 37.3 Å². The van der Waals surface area contributed by atoms with E-state index in [1.54, 1.807) is 12.1 Å². The number of nitrogens with zero attached hydrogens (tertiary/aromatic N) is 2. The van der Waals surface area contributed by atoms with Crippen LogP contribution in [0, 0.1) is 23.5 Å². The van der Waals surface area contributed by atoms with Crippen molar-refractivity contribution in [2.75, 3.05) is 18.8 Å². The summed E-state index contributed by atoms with van der Waals surface area (Å²) >= 11 is 1.53. The minimum absolute atomic E-state index is 0.00567. The lowest BCUT2D eigenvalue weighted by atomic mass is 9.94. The van der Waals surface area contributed by atoms with Gasteiger partial charge in [-0.3, -0.25) is 4.79 Å². The van der Waals surface area contributed by atoms with E-state index < -0.39 is 11.6 Å². The molecule has 1 saturated carbocycles. The first-order valence-electron chi connectivity index (χ1n) is 10.6. The molecule has 158 valence electrons. The van der Waals surface area contributed by atoms with E-state index in [0.29, 0.717) is 18.0 Å². The molecular weight excluding hydrogens is 402 g/mol. The molecule has 30 heavy (non-hydrogen) atoms. The van der Waals surface area contributed by atoms with Crippen molar-refractivity contribution in [3.8, 4) is 11.1 Å². The largest absolute Gasteiger partial charge is 0.342 e. The second-order valence-electron chi connectivity index (χ2n) is 7.99. The van der Waals surface area contributed by atoms with Crippen molar-refractivity contribution in [2.24, 2.45) is 16.2 Å². The molecule has 1 heterocycles. The fraction of sp³-hybridized carbons (Fsp3) is 0.417. The molecule has 2 aromatic rings. The topological polar surface area (TPSA) is 32.7 Å². The van der Waals surface area contributed by atoms with E-state index in [2.05, 4.69) is 11.3 Å². The second kappa shape index (κ2) is 9.29. The summed E-state index contributed by atoms with van der Waals surface area (Å²) in [6.07, 6.45) is 4.75. The molecule has 6 heteroatoms. The van der Waals surface area contributed by atoms with Gasteiger partial charge in [0, 0.05) is 36.9 Å². The van der Waals surface area contributed by atoms with Gasteiger partial charge in [-0.2, -0.15) is 0 Å². The van der Waals surface area contributed by atoms with Crippen molar-refractivity contribution >= 4 is 24.1 Å². The van der Waals surface area contributed by atoms with Crippen LogP contribution < -0.4 is 0 Å². The third-order valence-corrected chi connectivity index (χ3v) is 6.47. The molecule has 4 rings (SSSR count). The molecule has 3 atom stereocenters. The molecule has 2 aromatic carbocycles. The summed E-state index contributed by atoms with van der Waals surface area (Å²) in [6, 6.07) is 11.2. The number of piperidine rings is 1. The Hall–Kier alpha value is -2.21. The molecule has 2 aliphatic rings. The monoisotopic (exact) mass is 428 g/mol. The van der Waals surface area contributed by atoms with E-state index in [1.807, 2.05) is 23.2 Å². The van der Waals surface area contributed by atoms with E-state index in [-0.39, 0.29) is 23.3 Å². The molecular formula is C24H26F2N2OS. The van der Waals surface area contributed by atoms with Gasteiger partial charge >= 0.3 is 0 Å². The van der Waals surface area contributed by atoms with Gasteiger partial charge in [-0.25, -0.2) is 13.2 Å². The minimum atomic E-state index is -0.575. The zero-order chi connectivity index (χ0) is 21.1. The van der Waals surface area contributed by atoms with Crippen LogP contribution in [0.4, 0.5) is 8.78 Å². The number of hydrogen-bond acceptors (Lipinski definition) is 3. The van der Waals surface area contributed by atoms with Crippen LogP contribution in [0.25, 0.3) is 11.1 Å². The average Bonchev–Trinajstić information content (AvgIpc) is 3.55. The highest BCUT2D eigenvalue weighted by Crippen LogP contribution is 2.51. The van der Waals surface area contributed by atoms with E-state index in [9.17, 15) is 13.6 Å². The normalized spacial score (nSPS) is 23.7. The lowest BCUT2D eigenvalue weighted by molar-refractivity contribution is -0.134. The Balaban J connectivity index is 1.49. The summed E-state index contributed by atoms with van der Waals surface area (Å²) in [4.78, 5) is 15.1. The quantitative estimate of drug-likeness (QED) is 0.436. The number of halogens is 2. The van der Waals surface area contributed by atoms with Crippen molar-refractivity contribution in [3.05, 3.63) is 59.7 Å². The standard InChI is InChI=1S/C24H26F2N2OS/c1-2-30-27-14-16-7-6-12-28(15-16)24(29)20-13-19(20)17-8-3-4-9-18(17)23-21(25)10-5-11-22(23)26/h3-5,8-11,14,16,19-20H,2,6-7,12-13,15H2,1H3/b27-14-. The van der Waals surface area contributed by atoms with Gasteiger partial charge in [0.15, 0.2) is 0 Å². The van der Waals surface area contributed by atoms with Crippen molar-refractivity contribution in [1.29, 1.82) is 0 Å². The molecule has 0 bridgehead atoms. The van der Waals surface area contributed by atoms with E-state index in [4.69, 9.17) is 0 Å². The molecule has 0 aromatic heterocycles. The molecule has 3 nitrogen and oxygen atoms in total. The summed E-state index contributed by atoms with van der Waals surface area (Å²) in [5, 5.41) is 0. The van der Waals surface area contributed by atoms with Gasteiger partial charge in [0.25, 0.3) is 0 Å². The number of amides is 1. The number of carbonyl (C=O) groups excluding carboxylic acids is 1. The molecule has 0 spiro atoms. The smallest absolute Gasteiger partial charge is 0.226 e. The summed E-state index contributed by atoms with van der Waals surface area (Å²) in [6.45, 7) is 3.55. The maximum atomic E-state index is 14.4. The Bertz CT molecular complexity index is 928. The second-order valence-corrected chi connectivity index (χ2v) is 9.04. The van der Waals surface area contributed by atoms with Gasteiger partial charge in [0.05, 0.1) is 5.56 Å². The van der Waals surface area contributed by atoms with Gasteiger partial charge < -0.3 is 4.90 Å². The summed E-state index contributed by atoms with van der Waals surface area (Å²) in [5.74, 6) is 0.156. The first kappa shape index (κ1) is 21.0. The number of likely N-dealkylation sites (tertiary alicyclic amines) is 1. The molecule has 1 aliphatic carbocycles. The van der Waals surface area contributed by atoms with Crippen LogP contribution in [0.15, 0.2) is 46.9 Å². The highest BCUT2D eigenvalue weighted by atomic mass is 32.2. The SMILES string of the molecule is CCS/N=C\C1CCCN(C(=O)C2CC2c2ccccc2-c2c(F)cccc2F)C1. The zero-order valence-electron chi connectivity index (χ0n) is 17.1. The van der Waals surface area contributed by atoms with Crippen LogP contribution in [0.1, 0.15) is 37.7 Å². The maximum Gasteiger partial charge on any atom is 0.226 e. The zero-order valence-corrected chi connectivity index (χ0v) is 17.9. The third-order valence-electron chi connectivity index (χ3n) is 5.94. The van der Waals surface area contributed by atoms with Crippen molar-refractivity contribution in [1.82, 2.24) is 4.90 Å². The molecule has 1 amide bonds. The Morgan fingerprint density at radius 2 is 1.97 bits per heavy atom. The summed E-state index contributed by atoms with van der Waals surface area (Å²) in [7, 11) is 0. The van der Waals surface area contributed by atoms with Gasteiger partial charge in [-0.15, -0.1) is 0 Å². The molecule has 0 N–H and O–H groups in total. The lowest BCUT2D eigenvalue weighted by Crippen LogP contribution is -2.41. The molecule has 0 radical (unpaired) electrons. The van der Waals surface area contributed by atoms with Crippen LogP contribution >= 0.6 is 11.9 Å². The first-order chi connectivity index (χ1) is 14.6. The molecule has 1 aliphatic heterocycles. The van der Waals surface area contributed by atoms with Crippen molar-refractivity contribution in [2.45, 2.75) is 32.1 Å². The Morgan fingerprint density at radius 1 is 1.20 bits per heavy atom. The lowest BCUT2D eigenvalue weighted by Gasteiger charge is -2.31. The highest BCUT2D eigenvalue weighted by Gasteiger charge is 2.47. The summed E-state index contributed by atoms with van der Waals surface area (Å²) < 4.78 is 33.2. The number of carbonyl (C=O) groups is 1. The van der Waals surface area contributed by atoms with E-state index >= 15 is 0 Å². The number of hydrogen-bond donors (Lipinski definition) is 0. The summed E-state index contributed by atoms with van der Waals surface area (Å²) in [5.41, 5.74) is 1.40. The molecule has 2 fully saturated rings. The van der Waals surface area contributed by atoms with Crippen molar-refractivity contribution < 1.29 is 13.6 Å². The van der Waals surface area contributed by atoms with Crippen molar-refractivity contribution in [3.63, 3.8) is 0 Å². The van der Waals surface area contributed by atoms with Crippen LogP contribution in [0.3, 0.4) is 0 Å². The first-order valence-corrected chi connectivity index (χ1v) is 11.5. The predicted octanol–water partition coefficient (Wildman–Crippen LogP) is 5.71. The van der Waals surface area contributed by atoms with Crippen LogP contribution in [0.2, 0.25) is 0 Å². The van der Waals surface area contributed by atoms with Crippen LogP contribution in [-0.4, -0.2) is 35.9 Å². The fourth-order valence-corrected chi connectivity index (χ4v) is 4.79. The van der Waals surface area contributed by atoms with Crippen LogP contribution in [0.5, 0.6) is 0 Å². The minimum Gasteiger partial charge on any atom is -0.342 e. The predicted molar refractivity (Wildman–Crippen MR) is 119 cm³/mol. The number of rotatable bonds is 6. The molecule has 1 saturated heterocycles. The number of benzene rings is 2. The molecule has 3 unspecified atom stereocenters. The Labute approximate surface area is 180 Å². The van der Waals surface area contributed by atoms with Gasteiger partial charge in [-0.05, 0) is 60.4 Å². The Kier molecular flexibility index (Phi) is 6.52. The van der Waals surface area contributed by atoms with Gasteiger partial charge in [0.2, 0.25) is 5.91 Å². The van der Waals surface area contributed by atoms with Gasteiger partial charge in [0.1, 0.15) is 11.6 Å². The Morgan fingerprint density at radius 3 is 2.73 bits per heavy atom. The maximum absolute atomic E-state index is 14.4. The fourth-order valence-electron chi connectivity index (χ4n) is 4.38. The van der Waals surface area contributed by atoms with Crippen LogP contribution in [-0.2, 0) is 4.79 Å². The third kappa shape index (κ3) is 4.43. The van der Waals surface area contributed by atoms with E-state index in [0.717, 1.165) is 37.1 Å². The van der Waals surface area contributed by atoms with E-state index in [1.165, 1.54) is 30.1 Å². The highest BCUT2D eigenvalue weighted by molar-refractivity contribution is 7.98.